The van der Waals surface area contributed by atoms with Gasteiger partial charge in [0.1, 0.15) is 17.1 Å². The fraction of sp³-hybridized carbons (Fsp3) is 0.400. The molecule has 1 aliphatic rings. The van der Waals surface area contributed by atoms with E-state index in [1.54, 1.807) is 19.2 Å². The van der Waals surface area contributed by atoms with Gasteiger partial charge in [0.2, 0.25) is 0 Å². The number of carbonyl (C=O) groups is 1. The monoisotopic (exact) mass is 348 g/mol. The summed E-state index contributed by atoms with van der Waals surface area (Å²) in [5.74, 6) is 0.847. The van der Waals surface area contributed by atoms with Crippen molar-refractivity contribution in [2.45, 2.75) is 45.3 Å². The molecule has 2 atom stereocenters. The number of pyridine rings is 1. The molecule has 1 aliphatic heterocycles. The van der Waals surface area contributed by atoms with Crippen LogP contribution in [-0.4, -0.2) is 33.0 Å². The van der Waals surface area contributed by atoms with Gasteiger partial charge in [-0.15, -0.1) is 0 Å². The van der Waals surface area contributed by atoms with Gasteiger partial charge in [-0.2, -0.15) is 5.26 Å². The van der Waals surface area contributed by atoms with Crippen molar-refractivity contribution in [3.8, 4) is 6.07 Å². The number of rotatable bonds is 3. The Labute approximate surface area is 151 Å². The maximum atomic E-state index is 11.8. The van der Waals surface area contributed by atoms with Gasteiger partial charge in [-0.05, 0) is 44.9 Å². The first-order valence-electron chi connectivity index (χ1n) is 8.87. The Bertz CT molecular complexity index is 1050. The Hall–Kier alpha value is -2.78. The van der Waals surface area contributed by atoms with E-state index < -0.39 is 0 Å². The van der Waals surface area contributed by atoms with Gasteiger partial charge in [0.25, 0.3) is 0 Å². The highest BCUT2D eigenvalue weighted by atomic mass is 16.5. The van der Waals surface area contributed by atoms with Crippen LogP contribution in [0.4, 0.5) is 0 Å². The van der Waals surface area contributed by atoms with Gasteiger partial charge in [-0.25, -0.2) is 4.98 Å². The molecule has 1 aromatic carbocycles. The molecular formula is C20H20N4O2. The second-order valence-corrected chi connectivity index (χ2v) is 6.97. The number of ether oxygens (including phenoxy) is 1. The highest BCUT2D eigenvalue weighted by Gasteiger charge is 2.26. The molecule has 6 nitrogen and oxygen atoms in total. The number of Topliss-reactive ketones (excluding diaryl/α,β-unsaturated/α-hetero) is 1. The fourth-order valence-corrected chi connectivity index (χ4v) is 3.84. The second-order valence-electron chi connectivity index (χ2n) is 6.97. The maximum Gasteiger partial charge on any atom is 0.137 e. The number of hydrogen-bond acceptors (Lipinski definition) is 5. The summed E-state index contributed by atoms with van der Waals surface area (Å²) in [6.45, 7) is 4.35. The average molecular weight is 348 g/mol. The van der Waals surface area contributed by atoms with Crippen molar-refractivity contribution in [2.75, 3.05) is 6.61 Å². The third-order valence-electron chi connectivity index (χ3n) is 4.95. The van der Waals surface area contributed by atoms with E-state index in [9.17, 15) is 10.1 Å². The molecule has 4 rings (SSSR count). The van der Waals surface area contributed by atoms with Crippen LogP contribution in [0.1, 0.15) is 44.1 Å². The zero-order valence-corrected chi connectivity index (χ0v) is 14.9. The molecule has 26 heavy (non-hydrogen) atoms. The van der Waals surface area contributed by atoms with E-state index in [1.807, 2.05) is 12.1 Å². The molecule has 0 bridgehead atoms. The van der Waals surface area contributed by atoms with Crippen molar-refractivity contribution >= 4 is 27.7 Å². The third-order valence-corrected chi connectivity index (χ3v) is 4.95. The number of aromatic nitrogens is 3. The third kappa shape index (κ3) is 2.85. The van der Waals surface area contributed by atoms with Crippen LogP contribution in [0.5, 0.6) is 0 Å². The Balaban J connectivity index is 2.01. The van der Waals surface area contributed by atoms with Gasteiger partial charge < -0.3 is 9.30 Å². The Morgan fingerprint density at radius 2 is 2.27 bits per heavy atom. The van der Waals surface area contributed by atoms with Crippen LogP contribution < -0.4 is 0 Å². The molecular weight excluding hydrogens is 328 g/mol. The second kappa shape index (κ2) is 6.50. The van der Waals surface area contributed by atoms with Crippen LogP contribution in [0.15, 0.2) is 24.4 Å². The van der Waals surface area contributed by atoms with Gasteiger partial charge in [-0.3, -0.25) is 9.78 Å². The summed E-state index contributed by atoms with van der Waals surface area (Å²) >= 11 is 0. The standard InChI is InChI=1S/C20H20N4O2/c1-12(25)7-19-23-18-11-22-17-4-3-14(10-21)9-16(17)20(18)24(19)15-5-6-26-13(2)8-15/h3-4,9,11,13,15H,5-8H2,1-2H3/t13-,15-/m1/s1. The van der Waals surface area contributed by atoms with Crippen molar-refractivity contribution in [1.82, 2.24) is 14.5 Å². The largest absolute Gasteiger partial charge is 0.378 e. The lowest BCUT2D eigenvalue weighted by molar-refractivity contribution is -0.116. The van der Waals surface area contributed by atoms with E-state index in [0.29, 0.717) is 18.6 Å². The molecule has 1 saturated heterocycles. The summed E-state index contributed by atoms with van der Waals surface area (Å²) in [6, 6.07) is 7.91. The van der Waals surface area contributed by atoms with Crippen molar-refractivity contribution < 1.29 is 9.53 Å². The lowest BCUT2D eigenvalue weighted by Crippen LogP contribution is -2.27. The fourth-order valence-electron chi connectivity index (χ4n) is 3.84. The molecule has 2 aromatic heterocycles. The topological polar surface area (TPSA) is 80.8 Å². The van der Waals surface area contributed by atoms with Crippen molar-refractivity contribution in [1.29, 1.82) is 5.26 Å². The number of carbonyl (C=O) groups excluding carboxylic acids is 1. The van der Waals surface area contributed by atoms with Crippen LogP contribution in [-0.2, 0) is 16.0 Å². The molecule has 0 amide bonds. The summed E-state index contributed by atoms with van der Waals surface area (Å²) in [5, 5.41) is 10.2. The van der Waals surface area contributed by atoms with Crippen LogP contribution in [0.2, 0.25) is 0 Å². The van der Waals surface area contributed by atoms with E-state index >= 15 is 0 Å². The smallest absolute Gasteiger partial charge is 0.137 e. The molecule has 0 aliphatic carbocycles. The molecule has 0 radical (unpaired) electrons. The van der Waals surface area contributed by atoms with Gasteiger partial charge in [0.15, 0.2) is 0 Å². The van der Waals surface area contributed by atoms with Crippen LogP contribution in [0.25, 0.3) is 21.9 Å². The summed E-state index contributed by atoms with van der Waals surface area (Å²) in [6.07, 6.45) is 3.96. The number of fused-ring (bicyclic) bond motifs is 3. The maximum absolute atomic E-state index is 11.8. The zero-order chi connectivity index (χ0) is 18.3. The molecule has 6 heteroatoms. The molecule has 0 saturated carbocycles. The van der Waals surface area contributed by atoms with Crippen LogP contribution >= 0.6 is 0 Å². The van der Waals surface area contributed by atoms with Gasteiger partial charge in [0, 0.05) is 18.0 Å². The first kappa shape index (κ1) is 16.7. The van der Waals surface area contributed by atoms with Crippen LogP contribution in [0.3, 0.4) is 0 Å². The van der Waals surface area contributed by atoms with Crippen LogP contribution in [0, 0.1) is 11.3 Å². The number of nitriles is 1. The van der Waals surface area contributed by atoms with Crippen molar-refractivity contribution in [2.24, 2.45) is 0 Å². The minimum absolute atomic E-state index is 0.0802. The van der Waals surface area contributed by atoms with Gasteiger partial charge in [0.05, 0.1) is 41.4 Å². The minimum Gasteiger partial charge on any atom is -0.378 e. The van der Waals surface area contributed by atoms with Crippen molar-refractivity contribution in [3.05, 3.63) is 35.8 Å². The number of imidazole rings is 1. The highest BCUT2D eigenvalue weighted by Crippen LogP contribution is 2.34. The lowest BCUT2D eigenvalue weighted by Gasteiger charge is -2.30. The minimum atomic E-state index is 0.0802. The predicted octanol–water partition coefficient (Wildman–Crippen LogP) is 3.33. The molecule has 3 heterocycles. The number of nitrogens with zero attached hydrogens (tertiary/aromatic N) is 4. The van der Waals surface area contributed by atoms with Crippen molar-refractivity contribution in [3.63, 3.8) is 0 Å². The summed E-state index contributed by atoms with van der Waals surface area (Å²) < 4.78 is 7.90. The molecule has 0 spiro atoms. The number of ketones is 1. The Morgan fingerprint density at radius 3 is 3.00 bits per heavy atom. The molecule has 1 fully saturated rings. The summed E-state index contributed by atoms with van der Waals surface area (Å²) in [7, 11) is 0. The van der Waals surface area contributed by atoms with Gasteiger partial charge in [-0.1, -0.05) is 0 Å². The molecule has 0 unspecified atom stereocenters. The molecule has 0 N–H and O–H groups in total. The quantitative estimate of drug-likeness (QED) is 0.725. The number of hydrogen-bond donors (Lipinski definition) is 0. The lowest BCUT2D eigenvalue weighted by atomic mass is 10.0. The Kier molecular flexibility index (Phi) is 4.17. The van der Waals surface area contributed by atoms with E-state index in [-0.39, 0.29) is 17.9 Å². The van der Waals surface area contributed by atoms with E-state index in [4.69, 9.17) is 9.72 Å². The SMILES string of the molecule is CC(=O)Cc1nc2cnc3ccc(C#N)cc3c2n1[C@@H]1CCO[C@H](C)C1. The first-order valence-corrected chi connectivity index (χ1v) is 8.87. The zero-order valence-electron chi connectivity index (χ0n) is 14.9. The van der Waals surface area contributed by atoms with E-state index in [1.165, 1.54) is 0 Å². The number of benzene rings is 1. The molecule has 3 aromatic rings. The average Bonchev–Trinajstić information content (AvgIpc) is 2.98. The van der Waals surface area contributed by atoms with Gasteiger partial charge >= 0.3 is 0 Å². The predicted molar refractivity (Wildman–Crippen MR) is 97.8 cm³/mol. The highest BCUT2D eigenvalue weighted by molar-refractivity contribution is 6.03. The molecule has 132 valence electrons. The first-order chi connectivity index (χ1) is 12.6. The summed E-state index contributed by atoms with van der Waals surface area (Å²) in [4.78, 5) is 21.0. The Morgan fingerprint density at radius 1 is 1.42 bits per heavy atom. The summed E-state index contributed by atoms with van der Waals surface area (Å²) in [5.41, 5.74) is 3.14. The van der Waals surface area contributed by atoms with E-state index in [2.05, 4.69) is 22.5 Å². The van der Waals surface area contributed by atoms with E-state index in [0.717, 1.165) is 40.6 Å². The normalized spacial score (nSPS) is 20.3.